The van der Waals surface area contributed by atoms with Crippen LogP contribution in [0.25, 0.3) is 0 Å². The van der Waals surface area contributed by atoms with Crippen LogP contribution in [0.1, 0.15) is 19.3 Å². The lowest BCUT2D eigenvalue weighted by molar-refractivity contribution is 0.458. The van der Waals surface area contributed by atoms with Crippen molar-refractivity contribution < 1.29 is 8.42 Å². The zero-order valence-electron chi connectivity index (χ0n) is 10.9. The topological polar surface area (TPSA) is 87.2 Å². The molecule has 1 heterocycles. The number of anilines is 1. The Bertz CT molecular complexity index is 489. The number of rotatable bonds is 8. The molecule has 0 aromatic carbocycles. The van der Waals surface area contributed by atoms with Crippen LogP contribution in [-0.4, -0.2) is 48.9 Å². The summed E-state index contributed by atoms with van der Waals surface area (Å²) >= 11 is 0. The lowest BCUT2D eigenvalue weighted by atomic mass is 10.4. The van der Waals surface area contributed by atoms with E-state index >= 15 is 0 Å². The third-order valence-electron chi connectivity index (χ3n) is 2.88. The summed E-state index contributed by atoms with van der Waals surface area (Å²) in [5, 5.41) is 3.35. The van der Waals surface area contributed by atoms with Gasteiger partial charge in [-0.1, -0.05) is 0 Å². The van der Waals surface area contributed by atoms with E-state index in [4.69, 9.17) is 0 Å². The second-order valence-corrected chi connectivity index (χ2v) is 6.42. The molecule has 8 heteroatoms. The zero-order chi connectivity index (χ0) is 13.7. The maximum Gasteiger partial charge on any atom is 0.301 e. The molecule has 7 nitrogen and oxygen atoms in total. The minimum absolute atomic E-state index is 0.366. The highest BCUT2D eigenvalue weighted by molar-refractivity contribution is 7.90. The normalized spacial score (nSPS) is 15.7. The molecular weight excluding hydrogens is 266 g/mol. The van der Waals surface area contributed by atoms with E-state index in [1.807, 2.05) is 0 Å². The second kappa shape index (κ2) is 6.27. The molecule has 2 N–H and O–H groups in total. The molecule has 0 amide bonds. The van der Waals surface area contributed by atoms with Crippen molar-refractivity contribution in [3.05, 3.63) is 18.7 Å². The standard InChI is InChI=1S/C11H19N5O2S/c1-16(6-2-5-14-10-3-4-10)19(17,18)15-11-7-12-9-13-8-11/h7-10,14-15H,2-6H2,1H3. The van der Waals surface area contributed by atoms with E-state index in [0.29, 0.717) is 18.3 Å². The fourth-order valence-corrected chi connectivity index (χ4v) is 2.52. The Morgan fingerprint density at radius 2 is 2.05 bits per heavy atom. The number of aromatic nitrogens is 2. The molecule has 0 saturated heterocycles. The van der Waals surface area contributed by atoms with Gasteiger partial charge in [0.1, 0.15) is 6.33 Å². The van der Waals surface area contributed by atoms with Gasteiger partial charge in [0.05, 0.1) is 18.1 Å². The predicted octanol–water partition coefficient (Wildman–Crippen LogP) is 0.207. The van der Waals surface area contributed by atoms with Gasteiger partial charge in [-0.2, -0.15) is 12.7 Å². The average Bonchev–Trinajstić information content (AvgIpc) is 3.19. The van der Waals surface area contributed by atoms with Crippen molar-refractivity contribution in [3.8, 4) is 0 Å². The van der Waals surface area contributed by atoms with E-state index in [1.54, 1.807) is 7.05 Å². The highest BCUT2D eigenvalue weighted by Gasteiger charge is 2.21. The number of hydrogen-bond acceptors (Lipinski definition) is 5. The Kier molecular flexibility index (Phi) is 4.67. The molecule has 0 radical (unpaired) electrons. The van der Waals surface area contributed by atoms with E-state index in [2.05, 4.69) is 20.0 Å². The monoisotopic (exact) mass is 285 g/mol. The average molecular weight is 285 g/mol. The van der Waals surface area contributed by atoms with Crippen molar-refractivity contribution in [2.75, 3.05) is 24.9 Å². The van der Waals surface area contributed by atoms with Crippen LogP contribution in [0.15, 0.2) is 18.7 Å². The summed E-state index contributed by atoms with van der Waals surface area (Å²) in [5.41, 5.74) is 0.366. The van der Waals surface area contributed by atoms with Gasteiger partial charge in [0.2, 0.25) is 0 Å². The van der Waals surface area contributed by atoms with Crippen molar-refractivity contribution in [1.82, 2.24) is 19.6 Å². The maximum absolute atomic E-state index is 12.0. The van der Waals surface area contributed by atoms with Crippen LogP contribution in [-0.2, 0) is 10.2 Å². The Balaban J connectivity index is 1.77. The van der Waals surface area contributed by atoms with Gasteiger partial charge in [0.25, 0.3) is 0 Å². The van der Waals surface area contributed by atoms with Crippen LogP contribution in [0, 0.1) is 0 Å². The third-order valence-corrected chi connectivity index (χ3v) is 4.37. The van der Waals surface area contributed by atoms with E-state index in [9.17, 15) is 8.42 Å². The van der Waals surface area contributed by atoms with Gasteiger partial charge >= 0.3 is 10.2 Å². The Hall–Kier alpha value is -1.25. The zero-order valence-corrected chi connectivity index (χ0v) is 11.7. The molecular formula is C11H19N5O2S. The predicted molar refractivity (Wildman–Crippen MR) is 72.8 cm³/mol. The molecule has 1 aromatic rings. The number of nitrogens with one attached hydrogen (secondary N) is 2. The molecule has 1 aliphatic carbocycles. The highest BCUT2D eigenvalue weighted by atomic mass is 32.2. The third kappa shape index (κ3) is 4.73. The smallest absolute Gasteiger partial charge is 0.301 e. The first-order valence-corrected chi connectivity index (χ1v) is 7.74. The van der Waals surface area contributed by atoms with E-state index < -0.39 is 10.2 Å². The van der Waals surface area contributed by atoms with Gasteiger partial charge in [-0.15, -0.1) is 0 Å². The SMILES string of the molecule is CN(CCCNC1CC1)S(=O)(=O)Nc1cncnc1. The molecule has 0 aliphatic heterocycles. The van der Waals surface area contributed by atoms with Crippen molar-refractivity contribution in [1.29, 1.82) is 0 Å². The summed E-state index contributed by atoms with van der Waals surface area (Å²) in [5.74, 6) is 0. The summed E-state index contributed by atoms with van der Waals surface area (Å²) in [6, 6.07) is 0.654. The molecule has 0 unspecified atom stereocenters. The van der Waals surface area contributed by atoms with E-state index in [0.717, 1.165) is 13.0 Å². The van der Waals surface area contributed by atoms with Crippen LogP contribution in [0.2, 0.25) is 0 Å². The molecule has 2 rings (SSSR count). The van der Waals surface area contributed by atoms with E-state index in [1.165, 1.54) is 35.9 Å². The first kappa shape index (κ1) is 14.2. The minimum Gasteiger partial charge on any atom is -0.314 e. The molecule has 1 aromatic heterocycles. The van der Waals surface area contributed by atoms with Crippen LogP contribution in [0.3, 0.4) is 0 Å². The summed E-state index contributed by atoms with van der Waals surface area (Å²) < 4.78 is 27.7. The molecule has 0 atom stereocenters. The summed E-state index contributed by atoms with van der Waals surface area (Å²) in [4.78, 5) is 7.53. The van der Waals surface area contributed by atoms with Crippen LogP contribution < -0.4 is 10.0 Å². The minimum atomic E-state index is -3.52. The molecule has 1 aliphatic rings. The van der Waals surface area contributed by atoms with Crippen molar-refractivity contribution in [2.24, 2.45) is 0 Å². The van der Waals surface area contributed by atoms with Crippen molar-refractivity contribution >= 4 is 15.9 Å². The molecule has 1 fully saturated rings. The van der Waals surface area contributed by atoms with E-state index in [-0.39, 0.29) is 0 Å². The Morgan fingerprint density at radius 3 is 2.68 bits per heavy atom. The lowest BCUT2D eigenvalue weighted by Crippen LogP contribution is -2.34. The first-order chi connectivity index (χ1) is 9.08. The number of hydrogen-bond donors (Lipinski definition) is 2. The first-order valence-electron chi connectivity index (χ1n) is 6.30. The summed E-state index contributed by atoms with van der Waals surface area (Å²) in [7, 11) is -1.96. The fraction of sp³-hybridized carbons (Fsp3) is 0.636. The summed E-state index contributed by atoms with van der Waals surface area (Å²) in [6.07, 6.45) is 7.47. The lowest BCUT2D eigenvalue weighted by Gasteiger charge is -2.18. The Morgan fingerprint density at radius 1 is 1.37 bits per heavy atom. The molecule has 106 valence electrons. The molecule has 0 spiro atoms. The van der Waals surface area contributed by atoms with Gasteiger partial charge in [-0.3, -0.25) is 4.72 Å². The van der Waals surface area contributed by atoms with Gasteiger partial charge in [-0.05, 0) is 25.8 Å². The molecule has 1 saturated carbocycles. The van der Waals surface area contributed by atoms with Gasteiger partial charge < -0.3 is 5.32 Å². The second-order valence-electron chi connectivity index (χ2n) is 4.64. The fourth-order valence-electron chi connectivity index (χ4n) is 1.59. The quantitative estimate of drug-likeness (QED) is 0.667. The largest absolute Gasteiger partial charge is 0.314 e. The van der Waals surface area contributed by atoms with Crippen LogP contribution in [0.5, 0.6) is 0 Å². The van der Waals surface area contributed by atoms with Gasteiger partial charge in [-0.25, -0.2) is 9.97 Å². The van der Waals surface area contributed by atoms with Crippen molar-refractivity contribution in [2.45, 2.75) is 25.3 Å². The Labute approximate surface area is 113 Å². The molecule has 19 heavy (non-hydrogen) atoms. The van der Waals surface area contributed by atoms with Crippen LogP contribution >= 0.6 is 0 Å². The highest BCUT2D eigenvalue weighted by Crippen LogP contribution is 2.18. The van der Waals surface area contributed by atoms with Gasteiger partial charge in [0.15, 0.2) is 0 Å². The summed E-state index contributed by atoms with van der Waals surface area (Å²) in [6.45, 7) is 1.32. The van der Waals surface area contributed by atoms with Gasteiger partial charge in [0, 0.05) is 19.6 Å². The molecule has 0 bridgehead atoms. The van der Waals surface area contributed by atoms with Crippen LogP contribution in [0.4, 0.5) is 5.69 Å². The number of nitrogens with zero attached hydrogens (tertiary/aromatic N) is 3. The van der Waals surface area contributed by atoms with Crippen molar-refractivity contribution in [3.63, 3.8) is 0 Å². The maximum atomic E-state index is 12.0.